The number of benzene rings is 2. The maximum absolute atomic E-state index is 12.4. The van der Waals surface area contributed by atoms with Gasteiger partial charge in [-0.05, 0) is 48.0 Å². The summed E-state index contributed by atoms with van der Waals surface area (Å²) in [6.45, 7) is 0.131. The van der Waals surface area contributed by atoms with Gasteiger partial charge in [0.2, 0.25) is 0 Å². The summed E-state index contributed by atoms with van der Waals surface area (Å²) in [5, 5.41) is 22.7. The Morgan fingerprint density at radius 1 is 1.18 bits per heavy atom. The molecule has 0 bridgehead atoms. The van der Waals surface area contributed by atoms with Crippen molar-refractivity contribution in [2.75, 3.05) is 7.11 Å². The van der Waals surface area contributed by atoms with E-state index in [0.717, 1.165) is 0 Å². The fourth-order valence-corrected chi connectivity index (χ4v) is 2.73. The van der Waals surface area contributed by atoms with Crippen molar-refractivity contribution in [1.29, 1.82) is 5.26 Å². The number of nitro groups is 1. The lowest BCUT2D eigenvalue weighted by molar-refractivity contribution is -0.384. The van der Waals surface area contributed by atoms with Crippen LogP contribution in [0.5, 0.6) is 11.5 Å². The molecule has 3 aromatic rings. The maximum Gasteiger partial charge on any atom is 0.343 e. The Morgan fingerprint density at radius 3 is 2.55 bits per heavy atom. The van der Waals surface area contributed by atoms with Crippen LogP contribution >= 0.6 is 0 Å². The van der Waals surface area contributed by atoms with Crippen LogP contribution in [0.1, 0.15) is 21.7 Å². The first-order valence-corrected chi connectivity index (χ1v) is 9.48. The van der Waals surface area contributed by atoms with Crippen molar-refractivity contribution in [2.45, 2.75) is 6.54 Å². The van der Waals surface area contributed by atoms with Crippen LogP contribution in [0.4, 0.5) is 5.69 Å². The Hall–Kier alpha value is -4.91. The minimum absolute atomic E-state index is 0.0961. The molecule has 33 heavy (non-hydrogen) atoms. The minimum Gasteiger partial charge on any atom is -0.493 e. The molecule has 166 valence electrons. The third-order valence-corrected chi connectivity index (χ3v) is 4.38. The molecule has 2 aromatic carbocycles. The second-order valence-electron chi connectivity index (χ2n) is 6.54. The van der Waals surface area contributed by atoms with Gasteiger partial charge in [-0.2, -0.15) is 5.26 Å². The van der Waals surface area contributed by atoms with Gasteiger partial charge in [-0.1, -0.05) is 6.07 Å². The van der Waals surface area contributed by atoms with E-state index in [1.54, 1.807) is 12.1 Å². The van der Waals surface area contributed by atoms with Crippen molar-refractivity contribution in [3.8, 4) is 17.6 Å². The largest absolute Gasteiger partial charge is 0.493 e. The molecule has 1 aromatic heterocycles. The van der Waals surface area contributed by atoms with Crippen molar-refractivity contribution in [3.05, 3.63) is 93.4 Å². The van der Waals surface area contributed by atoms with E-state index in [9.17, 15) is 25.0 Å². The van der Waals surface area contributed by atoms with E-state index in [4.69, 9.17) is 13.9 Å². The summed E-state index contributed by atoms with van der Waals surface area (Å²) in [7, 11) is 1.37. The number of carbonyl (C=O) groups excluding carboxylic acids is 2. The van der Waals surface area contributed by atoms with Gasteiger partial charge in [0.25, 0.3) is 11.6 Å². The maximum atomic E-state index is 12.4. The molecule has 0 saturated heterocycles. The molecule has 0 saturated carbocycles. The predicted octanol–water partition coefficient (Wildman–Crippen LogP) is 3.64. The van der Waals surface area contributed by atoms with Gasteiger partial charge in [-0.15, -0.1) is 0 Å². The van der Waals surface area contributed by atoms with Crippen molar-refractivity contribution in [3.63, 3.8) is 0 Å². The number of nitriles is 1. The first kappa shape index (κ1) is 22.8. The summed E-state index contributed by atoms with van der Waals surface area (Å²) in [6.07, 6.45) is 2.84. The summed E-state index contributed by atoms with van der Waals surface area (Å²) in [6, 6.07) is 14.7. The van der Waals surface area contributed by atoms with Crippen LogP contribution < -0.4 is 14.8 Å². The highest BCUT2D eigenvalue weighted by Gasteiger charge is 2.15. The molecule has 0 aliphatic rings. The molecule has 1 heterocycles. The average molecular weight is 447 g/mol. The van der Waals surface area contributed by atoms with Crippen LogP contribution in [-0.4, -0.2) is 23.9 Å². The van der Waals surface area contributed by atoms with E-state index < -0.39 is 16.8 Å². The lowest BCUT2D eigenvalue weighted by atomic mass is 10.1. The molecule has 1 N–H and O–H groups in total. The number of nitro benzene ring substituents is 1. The second-order valence-corrected chi connectivity index (χ2v) is 6.54. The summed E-state index contributed by atoms with van der Waals surface area (Å²) >= 11 is 0. The predicted molar refractivity (Wildman–Crippen MR) is 115 cm³/mol. The van der Waals surface area contributed by atoms with Crippen LogP contribution in [0.2, 0.25) is 0 Å². The summed E-state index contributed by atoms with van der Waals surface area (Å²) < 4.78 is 15.7. The van der Waals surface area contributed by atoms with Crippen LogP contribution in [0, 0.1) is 21.4 Å². The number of furan rings is 1. The van der Waals surface area contributed by atoms with Gasteiger partial charge in [0.1, 0.15) is 17.4 Å². The molecule has 10 heteroatoms. The fraction of sp³-hybridized carbons (Fsp3) is 0.0870. The zero-order chi connectivity index (χ0) is 23.8. The molecule has 1 amide bonds. The number of hydrogen-bond acceptors (Lipinski definition) is 8. The van der Waals surface area contributed by atoms with Crippen molar-refractivity contribution in [1.82, 2.24) is 5.32 Å². The Balaban J connectivity index is 1.73. The highest BCUT2D eigenvalue weighted by molar-refractivity contribution is 6.01. The van der Waals surface area contributed by atoms with Gasteiger partial charge in [-0.3, -0.25) is 14.9 Å². The fourth-order valence-electron chi connectivity index (χ4n) is 2.73. The van der Waals surface area contributed by atoms with E-state index in [0.29, 0.717) is 11.3 Å². The molecule has 0 fully saturated rings. The van der Waals surface area contributed by atoms with Gasteiger partial charge in [0.15, 0.2) is 11.5 Å². The Kier molecular flexibility index (Phi) is 7.18. The zero-order valence-electron chi connectivity index (χ0n) is 17.3. The minimum atomic E-state index is -0.735. The van der Waals surface area contributed by atoms with E-state index in [-0.39, 0.29) is 34.9 Å². The number of amides is 1. The van der Waals surface area contributed by atoms with E-state index in [1.807, 2.05) is 6.07 Å². The Bertz CT molecular complexity index is 1240. The van der Waals surface area contributed by atoms with Crippen molar-refractivity contribution in [2.24, 2.45) is 0 Å². The number of nitrogens with zero attached hydrogens (tertiary/aromatic N) is 2. The number of carbonyl (C=O) groups is 2. The van der Waals surface area contributed by atoms with Crippen LogP contribution in [0.15, 0.2) is 70.9 Å². The highest BCUT2D eigenvalue weighted by Crippen LogP contribution is 2.30. The molecular weight excluding hydrogens is 430 g/mol. The van der Waals surface area contributed by atoms with E-state index in [2.05, 4.69) is 5.32 Å². The molecule has 0 aliphatic carbocycles. The highest BCUT2D eigenvalue weighted by atomic mass is 16.6. The van der Waals surface area contributed by atoms with E-state index in [1.165, 1.54) is 61.9 Å². The molecule has 0 aliphatic heterocycles. The molecule has 0 unspecified atom stereocenters. The topological polar surface area (TPSA) is 145 Å². The average Bonchev–Trinajstić information content (AvgIpc) is 3.35. The van der Waals surface area contributed by atoms with Crippen LogP contribution in [-0.2, 0) is 11.3 Å². The first-order valence-electron chi connectivity index (χ1n) is 9.48. The van der Waals surface area contributed by atoms with Crippen LogP contribution in [0.25, 0.3) is 6.08 Å². The second kappa shape index (κ2) is 10.4. The summed E-state index contributed by atoms with van der Waals surface area (Å²) in [5.74, 6) is -0.490. The lowest BCUT2D eigenvalue weighted by Gasteiger charge is -2.10. The summed E-state index contributed by atoms with van der Waals surface area (Å²) in [5.41, 5.74) is 0.291. The number of rotatable bonds is 8. The number of nitrogens with one attached hydrogen (secondary N) is 1. The third-order valence-electron chi connectivity index (χ3n) is 4.38. The molecule has 3 rings (SSSR count). The molecule has 0 spiro atoms. The molecule has 0 radical (unpaired) electrons. The number of ether oxygens (including phenoxy) is 2. The smallest absolute Gasteiger partial charge is 0.343 e. The Labute approximate surface area is 187 Å². The molecule has 0 atom stereocenters. The Morgan fingerprint density at radius 2 is 1.94 bits per heavy atom. The van der Waals surface area contributed by atoms with Gasteiger partial charge >= 0.3 is 5.97 Å². The third kappa shape index (κ3) is 5.83. The first-order chi connectivity index (χ1) is 15.9. The number of non-ortho nitro benzene ring substituents is 1. The molecule has 10 nitrogen and oxygen atoms in total. The van der Waals surface area contributed by atoms with Gasteiger partial charge in [0.05, 0.1) is 30.4 Å². The molecular formula is C23H17N3O7. The standard InChI is InChI=1S/C23H17N3O7/c1-31-21-12-15(11-17(13-24)22(27)25-14-19-3-2-10-32-19)4-9-20(21)33-23(28)16-5-7-18(8-6-16)26(29)30/h2-12H,14H2,1H3,(H,25,27)/b17-11+. The quantitative estimate of drug-likeness (QED) is 0.138. The van der Waals surface area contributed by atoms with Gasteiger partial charge in [0, 0.05) is 12.1 Å². The summed E-state index contributed by atoms with van der Waals surface area (Å²) in [4.78, 5) is 34.8. The normalized spacial score (nSPS) is 10.7. The van der Waals surface area contributed by atoms with E-state index >= 15 is 0 Å². The lowest BCUT2D eigenvalue weighted by Crippen LogP contribution is -2.23. The number of methoxy groups -OCH3 is 1. The van der Waals surface area contributed by atoms with Crippen LogP contribution in [0.3, 0.4) is 0 Å². The number of esters is 1. The van der Waals surface area contributed by atoms with Gasteiger partial charge in [-0.25, -0.2) is 4.79 Å². The number of hydrogen-bond donors (Lipinski definition) is 1. The zero-order valence-corrected chi connectivity index (χ0v) is 17.3. The van der Waals surface area contributed by atoms with Crippen molar-refractivity contribution >= 4 is 23.6 Å². The van der Waals surface area contributed by atoms with Gasteiger partial charge < -0.3 is 19.2 Å². The SMILES string of the molecule is COc1cc(/C=C(\C#N)C(=O)NCc2ccco2)ccc1OC(=O)c1ccc([N+](=O)[O-])cc1. The van der Waals surface area contributed by atoms with Crippen molar-refractivity contribution < 1.29 is 28.4 Å². The monoisotopic (exact) mass is 447 g/mol.